The molecule has 0 aliphatic rings. The van der Waals surface area contributed by atoms with Crippen LogP contribution in [-0.2, 0) is 4.80 Å². The zero-order valence-electron chi connectivity index (χ0n) is 8.22. The molecule has 0 aromatic rings. The maximum atomic E-state index is 10.2. The smallest absolute Gasteiger partial charge is 0.230 e. The van der Waals surface area contributed by atoms with Gasteiger partial charge in [-0.25, -0.2) is 0 Å². The molecule has 12 heavy (non-hydrogen) atoms. The van der Waals surface area contributed by atoms with Crippen molar-refractivity contribution in [1.29, 1.82) is 0 Å². The Morgan fingerprint density at radius 2 is 1.75 bits per heavy atom. The van der Waals surface area contributed by atoms with Crippen molar-refractivity contribution in [1.82, 2.24) is 0 Å². The van der Waals surface area contributed by atoms with Crippen LogP contribution in [0.1, 0.15) is 51.9 Å². The van der Waals surface area contributed by atoms with Crippen molar-refractivity contribution >= 4 is 9.76 Å². The minimum atomic E-state index is -1.06. The van der Waals surface area contributed by atoms with Gasteiger partial charge in [-0.1, -0.05) is 50.8 Å². The number of allylic oxidation sites excluding steroid dienone is 1. The Morgan fingerprint density at radius 1 is 1.08 bits per heavy atom. The van der Waals surface area contributed by atoms with Crippen molar-refractivity contribution in [2.75, 3.05) is 0 Å². The van der Waals surface area contributed by atoms with Crippen LogP contribution in [0.5, 0.6) is 0 Å². The summed E-state index contributed by atoms with van der Waals surface area (Å²) >= 11 is 0. The van der Waals surface area contributed by atoms with Crippen molar-refractivity contribution in [2.45, 2.75) is 51.9 Å². The quantitative estimate of drug-likeness (QED) is 0.409. The lowest BCUT2D eigenvalue weighted by atomic mass is 10.1. The van der Waals surface area contributed by atoms with Gasteiger partial charge >= 0.3 is 0 Å². The molecule has 0 saturated heterocycles. The van der Waals surface area contributed by atoms with Crippen molar-refractivity contribution < 1.29 is 4.80 Å². The van der Waals surface area contributed by atoms with E-state index in [1.807, 2.05) is 5.70 Å². The second kappa shape index (κ2) is 10.9. The van der Waals surface area contributed by atoms with E-state index in [2.05, 4.69) is 13.0 Å². The Morgan fingerprint density at radius 3 is 2.42 bits per heavy atom. The molecule has 0 rings (SSSR count). The standard InChI is InChI=1S/C10H21OSi/c1-2-3-4-5-6-7-8-9-10-12-11/h9-10H,2-8,12H2,1H3/b10-9+. The van der Waals surface area contributed by atoms with Gasteiger partial charge in [0.2, 0.25) is 9.76 Å². The lowest BCUT2D eigenvalue weighted by Gasteiger charge is -1.97. The largest absolute Gasteiger partial charge is 0.301 e. The lowest BCUT2D eigenvalue weighted by molar-refractivity contribution is 0.483. The van der Waals surface area contributed by atoms with Gasteiger partial charge < -0.3 is 4.80 Å². The summed E-state index contributed by atoms with van der Waals surface area (Å²) in [5, 5.41) is 0. The monoisotopic (exact) mass is 185 g/mol. The van der Waals surface area contributed by atoms with Gasteiger partial charge in [0.25, 0.3) is 0 Å². The van der Waals surface area contributed by atoms with Crippen LogP contribution < -0.4 is 0 Å². The normalized spacial score (nSPS) is 12.2. The molecule has 0 bridgehead atoms. The molecule has 0 aromatic carbocycles. The van der Waals surface area contributed by atoms with Crippen LogP contribution in [0.15, 0.2) is 11.8 Å². The van der Waals surface area contributed by atoms with Crippen LogP contribution in [-0.4, -0.2) is 9.76 Å². The van der Waals surface area contributed by atoms with Crippen LogP contribution in [0, 0.1) is 0 Å². The highest BCUT2D eigenvalue weighted by molar-refractivity contribution is 6.32. The van der Waals surface area contributed by atoms with Gasteiger partial charge in [0.1, 0.15) is 0 Å². The second-order valence-electron chi connectivity index (χ2n) is 3.19. The van der Waals surface area contributed by atoms with Gasteiger partial charge in [0.05, 0.1) is 0 Å². The molecule has 71 valence electrons. The summed E-state index contributed by atoms with van der Waals surface area (Å²) in [6, 6.07) is 0. The molecule has 0 spiro atoms. The fourth-order valence-corrected chi connectivity index (χ4v) is 1.60. The highest BCUT2D eigenvalue weighted by Gasteiger charge is 1.87. The minimum Gasteiger partial charge on any atom is -0.301 e. The molecule has 0 N–H and O–H groups in total. The third-order valence-corrected chi connectivity index (χ3v) is 2.51. The van der Waals surface area contributed by atoms with E-state index < -0.39 is 9.76 Å². The van der Waals surface area contributed by atoms with Crippen molar-refractivity contribution in [3.05, 3.63) is 11.8 Å². The Hall–Kier alpha value is -0.0831. The van der Waals surface area contributed by atoms with E-state index >= 15 is 0 Å². The second-order valence-corrected chi connectivity index (χ2v) is 4.00. The molecular formula is C10H21OSi. The summed E-state index contributed by atoms with van der Waals surface area (Å²) in [7, 11) is -1.06. The van der Waals surface area contributed by atoms with Crippen LogP contribution in [0.4, 0.5) is 0 Å². The Balaban J connectivity index is 2.86. The van der Waals surface area contributed by atoms with Crippen LogP contribution in [0.25, 0.3) is 0 Å². The molecule has 0 heterocycles. The van der Waals surface area contributed by atoms with Gasteiger partial charge in [0.15, 0.2) is 0 Å². The van der Waals surface area contributed by atoms with E-state index in [0.29, 0.717) is 0 Å². The Labute approximate surface area is 78.8 Å². The molecule has 0 atom stereocenters. The van der Waals surface area contributed by atoms with Gasteiger partial charge in [-0.05, 0) is 12.8 Å². The van der Waals surface area contributed by atoms with Crippen LogP contribution >= 0.6 is 0 Å². The molecule has 0 saturated carbocycles. The van der Waals surface area contributed by atoms with Crippen molar-refractivity contribution in [2.24, 2.45) is 0 Å². The molecule has 0 aliphatic carbocycles. The molecule has 0 amide bonds. The van der Waals surface area contributed by atoms with Crippen LogP contribution in [0.3, 0.4) is 0 Å². The number of hydrogen-bond acceptors (Lipinski definition) is 0. The zero-order valence-corrected chi connectivity index (χ0v) is 9.63. The zero-order chi connectivity index (χ0) is 9.07. The first-order valence-corrected chi connectivity index (χ1v) is 6.54. The first kappa shape index (κ1) is 11.9. The molecular weight excluding hydrogens is 164 g/mol. The summed E-state index contributed by atoms with van der Waals surface area (Å²) in [5.74, 6) is 0. The van der Waals surface area contributed by atoms with Crippen molar-refractivity contribution in [3.63, 3.8) is 0 Å². The summed E-state index contributed by atoms with van der Waals surface area (Å²) in [6.07, 6.45) is 11.3. The molecule has 1 radical (unpaired) electrons. The highest BCUT2D eigenvalue weighted by atomic mass is 28.2. The molecule has 0 aliphatic heterocycles. The minimum absolute atomic E-state index is 1.06. The Kier molecular flexibility index (Phi) is 10.8. The van der Waals surface area contributed by atoms with E-state index in [1.165, 1.54) is 38.5 Å². The summed E-state index contributed by atoms with van der Waals surface area (Å²) < 4.78 is 0. The van der Waals surface area contributed by atoms with E-state index in [4.69, 9.17) is 0 Å². The molecule has 0 unspecified atom stereocenters. The summed E-state index contributed by atoms with van der Waals surface area (Å²) in [5.41, 5.74) is 1.85. The average Bonchev–Trinajstić information content (AvgIpc) is 2.10. The van der Waals surface area contributed by atoms with E-state index in [9.17, 15) is 4.80 Å². The van der Waals surface area contributed by atoms with E-state index in [0.717, 1.165) is 6.42 Å². The predicted octanol–water partition coefficient (Wildman–Crippen LogP) is 2.77. The fourth-order valence-electron chi connectivity index (χ4n) is 1.23. The maximum absolute atomic E-state index is 10.2. The number of hydrogen-bond donors (Lipinski definition) is 0. The number of unbranched alkanes of at least 4 members (excludes halogenated alkanes) is 6. The maximum Gasteiger partial charge on any atom is 0.230 e. The van der Waals surface area contributed by atoms with Crippen molar-refractivity contribution in [3.8, 4) is 0 Å². The highest BCUT2D eigenvalue weighted by Crippen LogP contribution is 2.06. The third-order valence-electron chi connectivity index (χ3n) is 1.99. The van der Waals surface area contributed by atoms with E-state index in [1.54, 1.807) is 0 Å². The Bertz CT molecular complexity index is 102. The third kappa shape index (κ3) is 9.92. The summed E-state index contributed by atoms with van der Waals surface area (Å²) in [6.45, 7) is 2.24. The fraction of sp³-hybridized carbons (Fsp3) is 0.800. The first-order valence-electron chi connectivity index (χ1n) is 5.15. The van der Waals surface area contributed by atoms with Gasteiger partial charge in [-0.2, -0.15) is 0 Å². The molecule has 2 heteroatoms. The first-order chi connectivity index (χ1) is 5.91. The van der Waals surface area contributed by atoms with Gasteiger partial charge in [0, 0.05) is 0 Å². The molecule has 1 nitrogen and oxygen atoms in total. The average molecular weight is 185 g/mol. The SMILES string of the molecule is CCCCCCCC/C=C/[SiH2][O]. The molecule has 0 fully saturated rings. The predicted molar refractivity (Wildman–Crippen MR) is 56.4 cm³/mol. The topological polar surface area (TPSA) is 19.9 Å². The number of rotatable bonds is 8. The van der Waals surface area contributed by atoms with E-state index in [-0.39, 0.29) is 0 Å². The summed E-state index contributed by atoms with van der Waals surface area (Å²) in [4.78, 5) is 10.2. The van der Waals surface area contributed by atoms with Gasteiger partial charge in [-0.3, -0.25) is 0 Å². The van der Waals surface area contributed by atoms with Crippen LogP contribution in [0.2, 0.25) is 0 Å². The lowest BCUT2D eigenvalue weighted by Crippen LogP contribution is -1.79. The van der Waals surface area contributed by atoms with Gasteiger partial charge in [-0.15, -0.1) is 0 Å². The molecule has 0 aromatic heterocycles.